The zero-order chi connectivity index (χ0) is 12.3. The van der Waals surface area contributed by atoms with E-state index in [1.54, 1.807) is 0 Å². The molecule has 8 heteroatoms. The lowest BCUT2D eigenvalue weighted by Gasteiger charge is -2.12. The summed E-state index contributed by atoms with van der Waals surface area (Å²) in [5, 5.41) is 4.98. The van der Waals surface area contributed by atoms with E-state index in [1.165, 1.54) is 26.4 Å². The van der Waals surface area contributed by atoms with Crippen LogP contribution in [0.2, 0.25) is 5.02 Å². The molecule has 0 saturated heterocycles. The monoisotopic (exact) mass is 267 g/mol. The molecular formula is C8H10ClNO5S. The van der Waals surface area contributed by atoms with Gasteiger partial charge in [0.25, 0.3) is 0 Å². The van der Waals surface area contributed by atoms with Gasteiger partial charge in [-0.15, -0.1) is 0 Å². The highest BCUT2D eigenvalue weighted by Gasteiger charge is 2.17. The molecule has 16 heavy (non-hydrogen) atoms. The Hall–Kier alpha value is -1.18. The van der Waals surface area contributed by atoms with Crippen LogP contribution in [0.5, 0.6) is 17.2 Å². The van der Waals surface area contributed by atoms with Gasteiger partial charge in [-0.2, -0.15) is 13.6 Å². The summed E-state index contributed by atoms with van der Waals surface area (Å²) in [6.45, 7) is 0. The number of nitrogens with two attached hydrogens (primary N) is 1. The van der Waals surface area contributed by atoms with E-state index < -0.39 is 10.3 Å². The molecular weight excluding hydrogens is 258 g/mol. The molecule has 90 valence electrons. The number of hydrogen-bond acceptors (Lipinski definition) is 5. The number of rotatable bonds is 4. The average Bonchev–Trinajstić information content (AvgIpc) is 2.14. The lowest BCUT2D eigenvalue weighted by atomic mass is 10.3. The van der Waals surface area contributed by atoms with E-state index in [1.807, 2.05) is 0 Å². The molecule has 0 unspecified atom stereocenters. The van der Waals surface area contributed by atoms with Crippen molar-refractivity contribution in [2.75, 3.05) is 14.2 Å². The second kappa shape index (κ2) is 4.77. The van der Waals surface area contributed by atoms with Crippen LogP contribution < -0.4 is 18.8 Å². The first-order valence-corrected chi connectivity index (χ1v) is 5.86. The van der Waals surface area contributed by atoms with Gasteiger partial charge in [-0.05, 0) is 0 Å². The average molecular weight is 268 g/mol. The molecule has 0 aromatic heterocycles. The maximum atomic E-state index is 10.8. The van der Waals surface area contributed by atoms with Crippen molar-refractivity contribution in [1.82, 2.24) is 0 Å². The van der Waals surface area contributed by atoms with E-state index in [4.69, 9.17) is 26.2 Å². The number of methoxy groups -OCH3 is 2. The molecule has 0 amide bonds. The molecule has 0 saturated carbocycles. The molecule has 0 atom stereocenters. The van der Waals surface area contributed by atoms with Crippen molar-refractivity contribution < 1.29 is 22.1 Å². The standard InChI is InChI=1S/C8H10ClNO5S/c1-13-6-3-5(9)4-7(8(6)14-2)15-16(10,11)12/h3-4H,1-2H3,(H2,10,11,12). The van der Waals surface area contributed by atoms with Crippen LogP contribution in [-0.2, 0) is 10.3 Å². The fourth-order valence-electron chi connectivity index (χ4n) is 1.08. The molecule has 0 fully saturated rings. The number of halogens is 1. The van der Waals surface area contributed by atoms with Crippen molar-refractivity contribution in [3.63, 3.8) is 0 Å². The van der Waals surface area contributed by atoms with Gasteiger partial charge in [0, 0.05) is 17.2 Å². The van der Waals surface area contributed by atoms with Gasteiger partial charge in [0.1, 0.15) is 0 Å². The van der Waals surface area contributed by atoms with Crippen LogP contribution in [0.1, 0.15) is 0 Å². The summed E-state index contributed by atoms with van der Waals surface area (Å²) >= 11 is 5.74. The van der Waals surface area contributed by atoms with Gasteiger partial charge in [-0.25, -0.2) is 0 Å². The first-order valence-electron chi connectivity index (χ1n) is 4.01. The molecule has 0 heterocycles. The van der Waals surface area contributed by atoms with Gasteiger partial charge in [0.05, 0.1) is 14.2 Å². The third-order valence-electron chi connectivity index (χ3n) is 1.62. The molecule has 6 nitrogen and oxygen atoms in total. The van der Waals surface area contributed by atoms with Gasteiger partial charge in [-0.1, -0.05) is 11.6 Å². The largest absolute Gasteiger partial charge is 0.493 e. The third-order valence-corrected chi connectivity index (χ3v) is 2.25. The minimum absolute atomic E-state index is 0.0981. The third kappa shape index (κ3) is 3.16. The summed E-state index contributed by atoms with van der Waals surface area (Å²) in [6, 6.07) is 2.71. The maximum Gasteiger partial charge on any atom is 0.380 e. The highest BCUT2D eigenvalue weighted by atomic mass is 35.5. The molecule has 1 aromatic carbocycles. The number of hydrogen-bond donors (Lipinski definition) is 1. The van der Waals surface area contributed by atoms with E-state index in [0.717, 1.165) is 0 Å². The number of ether oxygens (including phenoxy) is 2. The minimum atomic E-state index is -4.15. The molecule has 0 spiro atoms. The van der Waals surface area contributed by atoms with Crippen molar-refractivity contribution in [1.29, 1.82) is 0 Å². The second-order valence-electron chi connectivity index (χ2n) is 2.72. The maximum absolute atomic E-state index is 10.8. The topological polar surface area (TPSA) is 87.9 Å². The molecule has 1 rings (SSSR count). The van der Waals surface area contributed by atoms with E-state index in [2.05, 4.69) is 4.18 Å². The second-order valence-corrected chi connectivity index (χ2v) is 4.30. The minimum Gasteiger partial charge on any atom is -0.493 e. The van der Waals surface area contributed by atoms with E-state index in [-0.39, 0.29) is 22.3 Å². The predicted octanol–water partition coefficient (Wildman–Crippen LogP) is 0.940. The molecule has 0 aliphatic rings. The van der Waals surface area contributed by atoms with Crippen molar-refractivity contribution in [3.8, 4) is 17.2 Å². The molecule has 0 bridgehead atoms. The fraction of sp³-hybridized carbons (Fsp3) is 0.250. The summed E-state index contributed by atoms with van der Waals surface area (Å²) in [5.74, 6) is 0.212. The Kier molecular flexibility index (Phi) is 3.84. The van der Waals surface area contributed by atoms with Crippen molar-refractivity contribution in [3.05, 3.63) is 17.2 Å². The summed E-state index contributed by atoms with van der Waals surface area (Å²) in [5.41, 5.74) is 0. The van der Waals surface area contributed by atoms with Crippen LogP contribution in [0, 0.1) is 0 Å². The summed E-state index contributed by atoms with van der Waals surface area (Å²) in [4.78, 5) is 0. The fourth-order valence-corrected chi connectivity index (χ4v) is 1.66. The highest BCUT2D eigenvalue weighted by molar-refractivity contribution is 7.84. The zero-order valence-corrected chi connectivity index (χ0v) is 10.1. The lowest BCUT2D eigenvalue weighted by molar-refractivity contribution is 0.343. The summed E-state index contributed by atoms with van der Waals surface area (Å²) < 4.78 is 36.0. The van der Waals surface area contributed by atoms with Crippen LogP contribution >= 0.6 is 11.6 Å². The Balaban J connectivity index is 3.31. The van der Waals surface area contributed by atoms with Gasteiger partial charge < -0.3 is 13.7 Å². The van der Waals surface area contributed by atoms with Gasteiger partial charge >= 0.3 is 10.3 Å². The molecule has 0 aliphatic heterocycles. The molecule has 0 radical (unpaired) electrons. The van der Waals surface area contributed by atoms with Crippen molar-refractivity contribution in [2.45, 2.75) is 0 Å². The SMILES string of the molecule is COc1cc(Cl)cc(OS(N)(=O)=O)c1OC. The first kappa shape index (κ1) is 12.9. The van der Waals surface area contributed by atoms with E-state index >= 15 is 0 Å². The van der Waals surface area contributed by atoms with Gasteiger partial charge in [0.2, 0.25) is 5.75 Å². The van der Waals surface area contributed by atoms with Gasteiger partial charge in [0.15, 0.2) is 11.5 Å². The summed E-state index contributed by atoms with van der Waals surface area (Å²) in [6.07, 6.45) is 0. The van der Waals surface area contributed by atoms with Crippen LogP contribution in [0.25, 0.3) is 0 Å². The predicted molar refractivity (Wildman–Crippen MR) is 58.3 cm³/mol. The van der Waals surface area contributed by atoms with Crippen LogP contribution in [0.3, 0.4) is 0 Å². The normalized spacial score (nSPS) is 11.0. The van der Waals surface area contributed by atoms with Crippen LogP contribution in [-0.4, -0.2) is 22.6 Å². The smallest absolute Gasteiger partial charge is 0.380 e. The van der Waals surface area contributed by atoms with Crippen LogP contribution in [0.4, 0.5) is 0 Å². The molecule has 2 N–H and O–H groups in total. The quantitative estimate of drug-likeness (QED) is 0.877. The zero-order valence-electron chi connectivity index (χ0n) is 8.56. The Bertz CT molecular complexity index is 487. The Morgan fingerprint density at radius 1 is 1.19 bits per heavy atom. The summed E-state index contributed by atoms with van der Waals surface area (Å²) in [7, 11) is -1.43. The first-order chi connectivity index (χ1) is 7.37. The Labute approximate surface area is 98.1 Å². The van der Waals surface area contributed by atoms with E-state index in [0.29, 0.717) is 0 Å². The Morgan fingerprint density at radius 3 is 2.19 bits per heavy atom. The lowest BCUT2D eigenvalue weighted by Crippen LogP contribution is -2.19. The van der Waals surface area contributed by atoms with Gasteiger partial charge in [-0.3, -0.25) is 0 Å². The molecule has 1 aromatic rings. The Morgan fingerprint density at radius 2 is 1.75 bits per heavy atom. The molecule has 0 aliphatic carbocycles. The highest BCUT2D eigenvalue weighted by Crippen LogP contribution is 2.40. The van der Waals surface area contributed by atoms with E-state index in [9.17, 15) is 8.42 Å². The van der Waals surface area contributed by atoms with Crippen molar-refractivity contribution >= 4 is 21.9 Å². The van der Waals surface area contributed by atoms with Crippen LogP contribution in [0.15, 0.2) is 12.1 Å². The van der Waals surface area contributed by atoms with Crippen molar-refractivity contribution in [2.24, 2.45) is 5.14 Å². The number of benzene rings is 1.